The van der Waals surface area contributed by atoms with Gasteiger partial charge >= 0.3 is 5.97 Å². The minimum Gasteiger partial charge on any atom is -0.479 e. The Morgan fingerprint density at radius 3 is 2.95 bits per heavy atom. The van der Waals surface area contributed by atoms with Crippen molar-refractivity contribution in [2.45, 2.75) is 45.4 Å². The molecule has 1 fully saturated rings. The smallest absolute Gasteiger partial charge is 0.332 e. The number of nitrogens with zero attached hydrogens (tertiary/aromatic N) is 2. The van der Waals surface area contributed by atoms with Crippen LogP contribution in [0.5, 0.6) is 0 Å². The van der Waals surface area contributed by atoms with Gasteiger partial charge in [-0.25, -0.2) is 9.78 Å². The molecule has 0 aliphatic carbocycles. The second-order valence-corrected chi connectivity index (χ2v) is 6.53. The zero-order valence-electron chi connectivity index (χ0n) is 11.8. The molecule has 3 heterocycles. The summed E-state index contributed by atoms with van der Waals surface area (Å²) >= 11 is 1.52. The van der Waals surface area contributed by atoms with Crippen molar-refractivity contribution in [3.05, 3.63) is 27.1 Å². The lowest BCUT2D eigenvalue weighted by Gasteiger charge is -2.12. The molecule has 6 nitrogen and oxygen atoms in total. The minimum atomic E-state index is -0.942. The van der Waals surface area contributed by atoms with Gasteiger partial charge in [-0.1, -0.05) is 0 Å². The van der Waals surface area contributed by atoms with Gasteiger partial charge in [-0.3, -0.25) is 9.36 Å². The lowest BCUT2D eigenvalue weighted by Crippen LogP contribution is -2.28. The van der Waals surface area contributed by atoms with Gasteiger partial charge < -0.3 is 9.84 Å². The number of aromatic nitrogens is 2. The highest BCUT2D eigenvalue weighted by Crippen LogP contribution is 2.26. The molecule has 2 aromatic rings. The van der Waals surface area contributed by atoms with E-state index in [-0.39, 0.29) is 11.7 Å². The van der Waals surface area contributed by atoms with Gasteiger partial charge in [-0.05, 0) is 32.3 Å². The highest BCUT2D eigenvalue weighted by atomic mass is 32.1. The number of aryl methyl sites for hydroxylation is 2. The molecular formula is C14H16N2O4S. The van der Waals surface area contributed by atoms with E-state index in [9.17, 15) is 9.59 Å². The summed E-state index contributed by atoms with van der Waals surface area (Å²) in [6.45, 7) is 4.25. The van der Waals surface area contributed by atoms with Crippen LogP contribution < -0.4 is 5.56 Å². The fraction of sp³-hybridized carbons (Fsp3) is 0.500. The monoisotopic (exact) mass is 308 g/mol. The van der Waals surface area contributed by atoms with Crippen LogP contribution in [0.15, 0.2) is 11.1 Å². The van der Waals surface area contributed by atoms with Gasteiger partial charge in [0.2, 0.25) is 0 Å². The van der Waals surface area contributed by atoms with Crippen LogP contribution in [0.3, 0.4) is 0 Å². The molecule has 7 heteroatoms. The average Bonchev–Trinajstić information content (AvgIpc) is 3.00. The average molecular weight is 308 g/mol. The van der Waals surface area contributed by atoms with Crippen molar-refractivity contribution in [1.29, 1.82) is 0 Å². The predicted molar refractivity (Wildman–Crippen MR) is 78.9 cm³/mol. The van der Waals surface area contributed by atoms with Crippen LogP contribution in [0.25, 0.3) is 10.2 Å². The molecule has 0 saturated carbocycles. The van der Waals surface area contributed by atoms with E-state index in [1.54, 1.807) is 0 Å². The summed E-state index contributed by atoms with van der Waals surface area (Å²) < 4.78 is 6.97. The van der Waals surface area contributed by atoms with Crippen LogP contribution in [0.1, 0.15) is 23.3 Å². The number of ether oxygens (including phenoxy) is 1. The first-order valence-corrected chi connectivity index (χ1v) is 7.62. The first kappa shape index (κ1) is 14.2. The van der Waals surface area contributed by atoms with E-state index >= 15 is 0 Å². The van der Waals surface area contributed by atoms with Crippen molar-refractivity contribution in [2.75, 3.05) is 0 Å². The van der Waals surface area contributed by atoms with Gasteiger partial charge in [0.05, 0.1) is 24.4 Å². The SMILES string of the molecule is Cc1sc2ncn(CC3CCC(C(=O)O)O3)c(=O)c2c1C. The van der Waals surface area contributed by atoms with E-state index in [0.717, 1.165) is 15.3 Å². The molecule has 2 aromatic heterocycles. The van der Waals surface area contributed by atoms with Gasteiger partial charge in [0.1, 0.15) is 4.83 Å². The van der Waals surface area contributed by atoms with Crippen molar-refractivity contribution in [2.24, 2.45) is 0 Å². The highest BCUT2D eigenvalue weighted by molar-refractivity contribution is 7.18. The molecule has 0 aromatic carbocycles. The number of fused-ring (bicyclic) bond motifs is 1. The van der Waals surface area contributed by atoms with Crippen LogP contribution in [-0.4, -0.2) is 32.8 Å². The zero-order chi connectivity index (χ0) is 15.1. The molecule has 1 saturated heterocycles. The third-order valence-electron chi connectivity index (χ3n) is 3.94. The first-order chi connectivity index (χ1) is 9.97. The summed E-state index contributed by atoms with van der Waals surface area (Å²) in [5.41, 5.74) is 0.891. The molecule has 1 aliphatic heterocycles. The number of carboxylic acid groups (broad SMARTS) is 1. The van der Waals surface area contributed by atoms with Gasteiger partial charge in [-0.2, -0.15) is 0 Å². The molecule has 21 heavy (non-hydrogen) atoms. The summed E-state index contributed by atoms with van der Waals surface area (Å²) in [7, 11) is 0. The molecule has 2 atom stereocenters. The van der Waals surface area contributed by atoms with E-state index in [2.05, 4.69) is 4.98 Å². The summed E-state index contributed by atoms with van der Waals surface area (Å²) in [6, 6.07) is 0. The minimum absolute atomic E-state index is 0.0794. The Balaban J connectivity index is 1.89. The lowest BCUT2D eigenvalue weighted by molar-refractivity contribution is -0.149. The maximum atomic E-state index is 12.5. The highest BCUT2D eigenvalue weighted by Gasteiger charge is 2.30. The van der Waals surface area contributed by atoms with Crippen LogP contribution in [0, 0.1) is 13.8 Å². The molecule has 1 N–H and O–H groups in total. The van der Waals surface area contributed by atoms with Crippen molar-refractivity contribution in [1.82, 2.24) is 9.55 Å². The number of hydrogen-bond acceptors (Lipinski definition) is 5. The molecule has 2 unspecified atom stereocenters. The Hall–Kier alpha value is -1.73. The second kappa shape index (κ2) is 5.23. The Kier molecular flexibility index (Phi) is 3.54. The number of carbonyl (C=O) groups is 1. The lowest BCUT2D eigenvalue weighted by atomic mass is 10.2. The standard InChI is InChI=1S/C14H16N2O4S/c1-7-8(2)21-12-11(7)13(17)16(6-15-12)5-9-3-4-10(20-9)14(18)19/h6,9-10H,3-5H2,1-2H3,(H,18,19). The number of thiophene rings is 1. The predicted octanol–water partition coefficient (Wildman–Crippen LogP) is 1.71. The quantitative estimate of drug-likeness (QED) is 0.933. The maximum Gasteiger partial charge on any atom is 0.332 e. The second-order valence-electron chi connectivity index (χ2n) is 5.33. The van der Waals surface area contributed by atoms with Gasteiger partial charge in [0.25, 0.3) is 5.56 Å². The Bertz CT molecular complexity index is 764. The Morgan fingerprint density at radius 1 is 1.52 bits per heavy atom. The zero-order valence-corrected chi connectivity index (χ0v) is 12.6. The fourth-order valence-corrected chi connectivity index (χ4v) is 3.63. The summed E-state index contributed by atoms with van der Waals surface area (Å²) in [5, 5.41) is 9.59. The Morgan fingerprint density at radius 2 is 2.29 bits per heavy atom. The van der Waals surface area contributed by atoms with Gasteiger partial charge in [0.15, 0.2) is 6.10 Å². The summed E-state index contributed by atoms with van der Waals surface area (Å²) in [4.78, 5) is 29.6. The molecule has 0 amide bonds. The summed E-state index contributed by atoms with van der Waals surface area (Å²) in [5.74, 6) is -0.942. The van der Waals surface area contributed by atoms with Crippen LogP contribution in [-0.2, 0) is 16.1 Å². The van der Waals surface area contributed by atoms with Gasteiger partial charge in [-0.15, -0.1) is 11.3 Å². The van der Waals surface area contributed by atoms with Gasteiger partial charge in [0, 0.05) is 4.88 Å². The molecule has 1 aliphatic rings. The van der Waals surface area contributed by atoms with Crippen molar-refractivity contribution in [3.63, 3.8) is 0 Å². The fourth-order valence-electron chi connectivity index (χ4n) is 2.64. The molecule has 0 bridgehead atoms. The van der Waals surface area contributed by atoms with E-state index < -0.39 is 12.1 Å². The molecule has 3 rings (SSSR count). The topological polar surface area (TPSA) is 81.4 Å². The number of aliphatic carboxylic acids is 1. The molecular weight excluding hydrogens is 292 g/mol. The molecule has 0 spiro atoms. The van der Waals surface area contributed by atoms with Crippen LogP contribution >= 0.6 is 11.3 Å². The normalized spacial score (nSPS) is 22.0. The van der Waals surface area contributed by atoms with Crippen LogP contribution in [0.4, 0.5) is 0 Å². The Labute approximate surface area is 125 Å². The van der Waals surface area contributed by atoms with E-state index in [1.165, 1.54) is 22.2 Å². The van der Waals surface area contributed by atoms with Crippen molar-refractivity contribution in [3.8, 4) is 0 Å². The van der Waals surface area contributed by atoms with Crippen LogP contribution in [0.2, 0.25) is 0 Å². The largest absolute Gasteiger partial charge is 0.479 e. The summed E-state index contributed by atoms with van der Waals surface area (Å²) in [6.07, 6.45) is 1.65. The van der Waals surface area contributed by atoms with E-state index in [4.69, 9.17) is 9.84 Å². The third-order valence-corrected chi connectivity index (χ3v) is 5.05. The van der Waals surface area contributed by atoms with E-state index in [0.29, 0.717) is 24.8 Å². The number of hydrogen-bond donors (Lipinski definition) is 1. The van der Waals surface area contributed by atoms with E-state index in [1.807, 2.05) is 13.8 Å². The van der Waals surface area contributed by atoms with Crippen molar-refractivity contribution >= 4 is 27.5 Å². The molecule has 112 valence electrons. The number of rotatable bonds is 3. The first-order valence-electron chi connectivity index (χ1n) is 6.80. The third kappa shape index (κ3) is 2.47. The maximum absolute atomic E-state index is 12.5. The van der Waals surface area contributed by atoms with Crippen molar-refractivity contribution < 1.29 is 14.6 Å². The molecule has 0 radical (unpaired) electrons. The number of carboxylic acids is 1.